The number of halogens is 2. The number of aryl methyl sites for hydroxylation is 1. The summed E-state index contributed by atoms with van der Waals surface area (Å²) < 4.78 is 28.6. The second-order valence-electron chi connectivity index (χ2n) is 4.69. The van der Waals surface area contributed by atoms with Crippen molar-refractivity contribution < 1.29 is 13.5 Å². The van der Waals surface area contributed by atoms with Gasteiger partial charge in [0.25, 0.3) is 0 Å². The first-order valence-corrected chi connectivity index (χ1v) is 6.69. The summed E-state index contributed by atoms with van der Waals surface area (Å²) in [6.07, 6.45) is 0.962. The molecule has 1 aromatic heterocycles. The van der Waals surface area contributed by atoms with E-state index < -0.39 is 6.61 Å². The lowest BCUT2D eigenvalue weighted by atomic mass is 10.1. The van der Waals surface area contributed by atoms with Gasteiger partial charge in [0.05, 0.1) is 11.0 Å². The van der Waals surface area contributed by atoms with E-state index in [-0.39, 0.29) is 5.75 Å². The molecule has 0 unspecified atom stereocenters. The Balaban J connectivity index is 1.92. The van der Waals surface area contributed by atoms with Crippen LogP contribution in [0.4, 0.5) is 8.78 Å². The van der Waals surface area contributed by atoms with Gasteiger partial charge in [-0.1, -0.05) is 13.0 Å². The number of H-pyrrole nitrogens is 1. The fourth-order valence-corrected chi connectivity index (χ4v) is 2.21. The molecule has 3 nitrogen and oxygen atoms in total. The molecular formula is C16H14F2N2O. The van der Waals surface area contributed by atoms with Crippen molar-refractivity contribution in [2.24, 2.45) is 0 Å². The standard InChI is InChI=1S/C16H14F2N2O/c1-2-10-3-8-13-14(9-10)20-15(19-13)11-4-6-12(7-5-11)21-16(17)18/h3-9,16H,2H2,1H3,(H,19,20). The molecule has 0 fully saturated rings. The van der Waals surface area contributed by atoms with Gasteiger partial charge in [0.1, 0.15) is 11.6 Å². The molecule has 1 N–H and O–H groups in total. The van der Waals surface area contributed by atoms with E-state index in [1.807, 2.05) is 12.1 Å². The SMILES string of the molecule is CCc1ccc2nc(-c3ccc(OC(F)F)cc3)[nH]c2c1. The van der Waals surface area contributed by atoms with Gasteiger partial charge in [-0.3, -0.25) is 0 Å². The lowest BCUT2D eigenvalue weighted by molar-refractivity contribution is -0.0498. The van der Waals surface area contributed by atoms with Crippen LogP contribution in [-0.2, 0) is 6.42 Å². The first-order valence-electron chi connectivity index (χ1n) is 6.69. The van der Waals surface area contributed by atoms with E-state index in [9.17, 15) is 8.78 Å². The predicted molar refractivity (Wildman–Crippen MR) is 77.5 cm³/mol. The van der Waals surface area contributed by atoms with Crippen LogP contribution in [-0.4, -0.2) is 16.6 Å². The summed E-state index contributed by atoms with van der Waals surface area (Å²) in [7, 11) is 0. The summed E-state index contributed by atoms with van der Waals surface area (Å²) >= 11 is 0. The Bertz CT molecular complexity index is 751. The maximum Gasteiger partial charge on any atom is 0.387 e. The fraction of sp³-hybridized carbons (Fsp3) is 0.188. The zero-order valence-electron chi connectivity index (χ0n) is 11.4. The topological polar surface area (TPSA) is 37.9 Å². The van der Waals surface area contributed by atoms with Gasteiger partial charge in [0, 0.05) is 5.56 Å². The molecule has 0 aliphatic heterocycles. The average Bonchev–Trinajstić information content (AvgIpc) is 2.90. The lowest BCUT2D eigenvalue weighted by Crippen LogP contribution is -2.01. The molecule has 3 rings (SSSR count). The number of benzene rings is 2. The number of nitrogens with one attached hydrogen (secondary N) is 1. The van der Waals surface area contributed by atoms with Crippen LogP contribution in [0, 0.1) is 0 Å². The van der Waals surface area contributed by atoms with E-state index >= 15 is 0 Å². The number of aromatic amines is 1. The Morgan fingerprint density at radius 2 is 1.90 bits per heavy atom. The van der Waals surface area contributed by atoms with Gasteiger partial charge in [-0.25, -0.2) is 4.98 Å². The van der Waals surface area contributed by atoms with E-state index in [1.54, 1.807) is 12.1 Å². The number of alkyl halides is 2. The van der Waals surface area contributed by atoms with E-state index in [1.165, 1.54) is 17.7 Å². The van der Waals surface area contributed by atoms with Crippen LogP contribution in [0.3, 0.4) is 0 Å². The second kappa shape index (κ2) is 5.52. The van der Waals surface area contributed by atoms with Gasteiger partial charge in [-0.05, 0) is 48.4 Å². The maximum atomic E-state index is 12.1. The Morgan fingerprint density at radius 3 is 2.57 bits per heavy atom. The smallest absolute Gasteiger partial charge is 0.387 e. The third-order valence-electron chi connectivity index (χ3n) is 3.31. The minimum absolute atomic E-state index is 0.137. The Labute approximate surface area is 120 Å². The lowest BCUT2D eigenvalue weighted by Gasteiger charge is -2.04. The highest BCUT2D eigenvalue weighted by molar-refractivity contribution is 5.80. The molecule has 3 aromatic rings. The number of ether oxygens (including phenoxy) is 1. The number of imidazole rings is 1. The highest BCUT2D eigenvalue weighted by Gasteiger charge is 2.08. The third-order valence-corrected chi connectivity index (χ3v) is 3.31. The van der Waals surface area contributed by atoms with Gasteiger partial charge in [-0.15, -0.1) is 0 Å². The number of hydrogen-bond donors (Lipinski definition) is 1. The quantitative estimate of drug-likeness (QED) is 0.773. The van der Waals surface area contributed by atoms with E-state index in [0.29, 0.717) is 5.82 Å². The molecule has 5 heteroatoms. The van der Waals surface area contributed by atoms with Crippen molar-refractivity contribution in [1.29, 1.82) is 0 Å². The zero-order chi connectivity index (χ0) is 14.8. The van der Waals surface area contributed by atoms with E-state index in [4.69, 9.17) is 0 Å². The first-order chi connectivity index (χ1) is 10.2. The summed E-state index contributed by atoms with van der Waals surface area (Å²) in [5, 5.41) is 0. The Kier molecular flexibility index (Phi) is 3.56. The van der Waals surface area contributed by atoms with Crippen molar-refractivity contribution in [2.75, 3.05) is 0 Å². The number of fused-ring (bicyclic) bond motifs is 1. The van der Waals surface area contributed by atoms with Gasteiger partial charge in [-0.2, -0.15) is 8.78 Å². The van der Waals surface area contributed by atoms with Gasteiger partial charge in [0.15, 0.2) is 0 Å². The summed E-state index contributed by atoms with van der Waals surface area (Å²) in [5.74, 6) is 0.847. The van der Waals surface area contributed by atoms with Crippen molar-refractivity contribution in [3.8, 4) is 17.1 Å². The minimum Gasteiger partial charge on any atom is -0.435 e. The van der Waals surface area contributed by atoms with Crippen LogP contribution in [0.2, 0.25) is 0 Å². The largest absolute Gasteiger partial charge is 0.435 e. The molecule has 0 saturated heterocycles. The van der Waals surface area contributed by atoms with Crippen molar-refractivity contribution >= 4 is 11.0 Å². The molecule has 0 bridgehead atoms. The van der Waals surface area contributed by atoms with Crippen LogP contribution in [0.15, 0.2) is 42.5 Å². The molecule has 0 amide bonds. The molecule has 0 radical (unpaired) electrons. The normalized spacial score (nSPS) is 11.2. The van der Waals surface area contributed by atoms with Gasteiger partial charge in [0.2, 0.25) is 0 Å². The van der Waals surface area contributed by atoms with Crippen LogP contribution in [0.1, 0.15) is 12.5 Å². The maximum absolute atomic E-state index is 12.1. The summed E-state index contributed by atoms with van der Waals surface area (Å²) in [6.45, 7) is -0.713. The van der Waals surface area contributed by atoms with Crippen molar-refractivity contribution in [1.82, 2.24) is 9.97 Å². The highest BCUT2D eigenvalue weighted by Crippen LogP contribution is 2.24. The van der Waals surface area contributed by atoms with Gasteiger partial charge < -0.3 is 9.72 Å². The molecule has 2 aromatic carbocycles. The van der Waals surface area contributed by atoms with E-state index in [2.05, 4.69) is 27.7 Å². The molecule has 0 spiro atoms. The summed E-state index contributed by atoms with van der Waals surface area (Å²) in [5.41, 5.74) is 3.91. The van der Waals surface area contributed by atoms with Crippen LogP contribution >= 0.6 is 0 Å². The highest BCUT2D eigenvalue weighted by atomic mass is 19.3. The predicted octanol–water partition coefficient (Wildman–Crippen LogP) is 4.39. The Hall–Kier alpha value is -2.43. The average molecular weight is 288 g/mol. The molecular weight excluding hydrogens is 274 g/mol. The monoisotopic (exact) mass is 288 g/mol. The molecule has 0 aliphatic carbocycles. The molecule has 21 heavy (non-hydrogen) atoms. The van der Waals surface area contributed by atoms with Crippen molar-refractivity contribution in [3.63, 3.8) is 0 Å². The molecule has 0 atom stereocenters. The van der Waals surface area contributed by atoms with Crippen molar-refractivity contribution in [2.45, 2.75) is 20.0 Å². The van der Waals surface area contributed by atoms with Crippen LogP contribution in [0.5, 0.6) is 5.75 Å². The third kappa shape index (κ3) is 2.86. The summed E-state index contributed by atoms with van der Waals surface area (Å²) in [6, 6.07) is 12.5. The van der Waals surface area contributed by atoms with Gasteiger partial charge >= 0.3 is 6.61 Å². The Morgan fingerprint density at radius 1 is 1.14 bits per heavy atom. The summed E-state index contributed by atoms with van der Waals surface area (Å²) in [4.78, 5) is 7.75. The molecule has 0 saturated carbocycles. The minimum atomic E-state index is -2.81. The number of aromatic nitrogens is 2. The first kappa shape index (κ1) is 13.5. The zero-order valence-corrected chi connectivity index (χ0v) is 11.4. The molecule has 1 heterocycles. The number of rotatable bonds is 4. The van der Waals surface area contributed by atoms with Crippen molar-refractivity contribution in [3.05, 3.63) is 48.0 Å². The van der Waals surface area contributed by atoms with Crippen LogP contribution < -0.4 is 4.74 Å². The number of hydrogen-bond acceptors (Lipinski definition) is 2. The molecule has 0 aliphatic rings. The fourth-order valence-electron chi connectivity index (χ4n) is 2.21. The van der Waals surface area contributed by atoms with E-state index in [0.717, 1.165) is 23.0 Å². The second-order valence-corrected chi connectivity index (χ2v) is 4.69. The number of nitrogens with zero attached hydrogens (tertiary/aromatic N) is 1. The molecule has 108 valence electrons. The van der Waals surface area contributed by atoms with Crippen LogP contribution in [0.25, 0.3) is 22.4 Å².